The highest BCUT2D eigenvalue weighted by Gasteiger charge is 2.48. The maximum atomic E-state index is 12.8. The smallest absolute Gasteiger partial charge is 0.189 e. The van der Waals surface area contributed by atoms with E-state index in [4.69, 9.17) is 0 Å². The summed E-state index contributed by atoms with van der Waals surface area (Å²) >= 11 is 0. The third kappa shape index (κ3) is 2.61. The van der Waals surface area contributed by atoms with E-state index in [9.17, 15) is 13.2 Å². The molecule has 2 aliphatic rings. The summed E-state index contributed by atoms with van der Waals surface area (Å²) in [5.41, 5.74) is -0.0992. The van der Waals surface area contributed by atoms with Gasteiger partial charge in [0.1, 0.15) is 5.25 Å². The Balaban J connectivity index is 1.87. The summed E-state index contributed by atoms with van der Waals surface area (Å²) in [5.74, 6) is -0.108. The molecule has 22 heavy (non-hydrogen) atoms. The van der Waals surface area contributed by atoms with Crippen LogP contribution in [0.3, 0.4) is 0 Å². The standard InChI is InChI=1S/C17H23NO3S/c1-18-13-16(22(20,21)14-8-4-2-5-9-14)15(19)12-17(18)10-6-3-7-11-17/h2,4-5,8-9,16H,3,6-7,10-13H2,1H3. The van der Waals surface area contributed by atoms with E-state index in [1.54, 1.807) is 30.3 Å². The molecule has 0 N–H and O–H groups in total. The first-order valence-electron chi connectivity index (χ1n) is 7.99. The topological polar surface area (TPSA) is 54.5 Å². The molecule has 120 valence electrons. The maximum absolute atomic E-state index is 12.8. The number of piperidine rings is 1. The first kappa shape index (κ1) is 15.7. The van der Waals surface area contributed by atoms with E-state index >= 15 is 0 Å². The molecule has 1 atom stereocenters. The first-order valence-corrected chi connectivity index (χ1v) is 9.53. The summed E-state index contributed by atoms with van der Waals surface area (Å²) in [6.07, 6.45) is 5.87. The number of carbonyl (C=O) groups is 1. The zero-order valence-electron chi connectivity index (χ0n) is 13.0. The molecule has 1 aliphatic heterocycles. The van der Waals surface area contributed by atoms with Crippen LogP contribution in [-0.4, -0.2) is 43.5 Å². The lowest BCUT2D eigenvalue weighted by molar-refractivity contribution is -0.126. The molecule has 1 aromatic carbocycles. The summed E-state index contributed by atoms with van der Waals surface area (Å²) in [4.78, 5) is 15.0. The van der Waals surface area contributed by atoms with Gasteiger partial charge in [0.15, 0.2) is 15.6 Å². The highest BCUT2D eigenvalue weighted by Crippen LogP contribution is 2.40. The molecule has 0 radical (unpaired) electrons. The van der Waals surface area contributed by atoms with Crippen LogP contribution >= 0.6 is 0 Å². The number of ketones is 1. The molecule has 0 aromatic heterocycles. The Kier molecular flexibility index (Phi) is 4.12. The van der Waals surface area contributed by atoms with Crippen molar-refractivity contribution < 1.29 is 13.2 Å². The second kappa shape index (κ2) is 5.78. The molecule has 1 aliphatic carbocycles. The van der Waals surface area contributed by atoms with Crippen molar-refractivity contribution >= 4 is 15.6 Å². The number of hydrogen-bond acceptors (Lipinski definition) is 4. The van der Waals surface area contributed by atoms with Crippen LogP contribution in [0.2, 0.25) is 0 Å². The van der Waals surface area contributed by atoms with Crippen molar-refractivity contribution in [2.45, 2.75) is 54.2 Å². The number of Topliss-reactive ketones (excluding diaryl/α,β-unsaturated/α-hetero) is 1. The van der Waals surface area contributed by atoms with E-state index in [1.165, 1.54) is 6.42 Å². The van der Waals surface area contributed by atoms with Gasteiger partial charge >= 0.3 is 0 Å². The van der Waals surface area contributed by atoms with Crippen molar-refractivity contribution in [3.05, 3.63) is 30.3 Å². The summed E-state index contributed by atoms with van der Waals surface area (Å²) in [6.45, 7) is 0.316. The van der Waals surface area contributed by atoms with Crippen molar-refractivity contribution in [3.63, 3.8) is 0 Å². The minimum Gasteiger partial charge on any atom is -0.298 e. The lowest BCUT2D eigenvalue weighted by Gasteiger charge is -2.49. The minimum atomic E-state index is -3.59. The number of rotatable bonds is 2. The third-order valence-electron chi connectivity index (χ3n) is 5.34. The van der Waals surface area contributed by atoms with Gasteiger partial charge in [-0.2, -0.15) is 0 Å². The number of likely N-dealkylation sites (tertiary alicyclic amines) is 1. The van der Waals surface area contributed by atoms with Crippen LogP contribution in [0, 0.1) is 0 Å². The maximum Gasteiger partial charge on any atom is 0.189 e. The van der Waals surface area contributed by atoms with Crippen molar-refractivity contribution in [3.8, 4) is 0 Å². The molecule has 1 unspecified atom stereocenters. The Morgan fingerprint density at radius 3 is 2.36 bits per heavy atom. The monoisotopic (exact) mass is 321 g/mol. The Morgan fingerprint density at radius 1 is 1.09 bits per heavy atom. The van der Waals surface area contributed by atoms with Crippen LogP contribution in [0.15, 0.2) is 35.2 Å². The number of sulfone groups is 1. The zero-order chi connectivity index (χ0) is 15.8. The molecule has 1 heterocycles. The van der Waals surface area contributed by atoms with Crippen LogP contribution in [0.4, 0.5) is 0 Å². The Morgan fingerprint density at radius 2 is 1.73 bits per heavy atom. The van der Waals surface area contributed by atoms with Crippen LogP contribution < -0.4 is 0 Å². The van der Waals surface area contributed by atoms with Crippen LogP contribution in [0.25, 0.3) is 0 Å². The predicted octanol–water partition coefficient (Wildman–Crippen LogP) is 2.44. The zero-order valence-corrected chi connectivity index (χ0v) is 13.8. The highest BCUT2D eigenvalue weighted by atomic mass is 32.2. The fraction of sp³-hybridized carbons (Fsp3) is 0.588. The number of benzene rings is 1. The average molecular weight is 321 g/mol. The SMILES string of the molecule is CN1CC(S(=O)(=O)c2ccccc2)C(=O)CC12CCCCC2. The molecule has 1 aromatic rings. The van der Waals surface area contributed by atoms with Gasteiger partial charge in [-0.15, -0.1) is 0 Å². The van der Waals surface area contributed by atoms with Gasteiger partial charge in [-0.05, 0) is 32.0 Å². The van der Waals surface area contributed by atoms with Gasteiger partial charge in [0.2, 0.25) is 0 Å². The van der Waals surface area contributed by atoms with Crippen molar-refractivity contribution in [2.75, 3.05) is 13.6 Å². The first-order chi connectivity index (χ1) is 10.5. The summed E-state index contributed by atoms with van der Waals surface area (Å²) in [6, 6.07) is 8.34. The lowest BCUT2D eigenvalue weighted by Crippen LogP contribution is -2.59. The van der Waals surface area contributed by atoms with Gasteiger partial charge in [-0.3, -0.25) is 9.69 Å². The molecule has 3 rings (SSSR count). The van der Waals surface area contributed by atoms with Crippen molar-refractivity contribution in [2.24, 2.45) is 0 Å². The number of nitrogens with zero attached hydrogens (tertiary/aromatic N) is 1. The fourth-order valence-corrected chi connectivity index (χ4v) is 5.65. The molecule has 1 saturated heterocycles. The predicted molar refractivity (Wildman–Crippen MR) is 85.5 cm³/mol. The number of carbonyl (C=O) groups excluding carboxylic acids is 1. The van der Waals surface area contributed by atoms with E-state index in [-0.39, 0.29) is 16.2 Å². The van der Waals surface area contributed by atoms with Gasteiger partial charge in [-0.1, -0.05) is 37.5 Å². The Labute approximate surface area is 132 Å². The van der Waals surface area contributed by atoms with Crippen LogP contribution in [0.1, 0.15) is 38.5 Å². The average Bonchev–Trinajstić information content (AvgIpc) is 2.52. The minimum absolute atomic E-state index is 0.0992. The Hall–Kier alpha value is -1.20. The molecule has 0 bridgehead atoms. The van der Waals surface area contributed by atoms with Gasteiger partial charge in [-0.25, -0.2) is 8.42 Å². The van der Waals surface area contributed by atoms with E-state index in [0.29, 0.717) is 13.0 Å². The molecule has 1 spiro atoms. The van der Waals surface area contributed by atoms with Crippen molar-refractivity contribution in [1.82, 2.24) is 4.90 Å². The third-order valence-corrected chi connectivity index (χ3v) is 7.43. The van der Waals surface area contributed by atoms with Gasteiger partial charge in [0.05, 0.1) is 4.90 Å². The lowest BCUT2D eigenvalue weighted by atomic mass is 9.74. The molecule has 0 amide bonds. The quantitative estimate of drug-likeness (QED) is 0.839. The van der Waals surface area contributed by atoms with Crippen LogP contribution in [0.5, 0.6) is 0 Å². The van der Waals surface area contributed by atoms with Crippen molar-refractivity contribution in [1.29, 1.82) is 0 Å². The molecular formula is C17H23NO3S. The highest BCUT2D eigenvalue weighted by molar-refractivity contribution is 7.92. The summed E-state index contributed by atoms with van der Waals surface area (Å²) in [5, 5.41) is -0.924. The van der Waals surface area contributed by atoms with Crippen LogP contribution in [-0.2, 0) is 14.6 Å². The summed E-state index contributed by atoms with van der Waals surface area (Å²) in [7, 11) is -1.61. The fourth-order valence-electron chi connectivity index (χ4n) is 3.93. The summed E-state index contributed by atoms with van der Waals surface area (Å²) < 4.78 is 25.5. The van der Waals surface area contributed by atoms with E-state index in [0.717, 1.165) is 25.7 Å². The van der Waals surface area contributed by atoms with Gasteiger partial charge < -0.3 is 0 Å². The van der Waals surface area contributed by atoms with Gasteiger partial charge in [0.25, 0.3) is 0 Å². The molecule has 4 nitrogen and oxygen atoms in total. The molecule has 5 heteroatoms. The molecule has 1 saturated carbocycles. The normalized spacial score (nSPS) is 26.2. The van der Waals surface area contributed by atoms with E-state index < -0.39 is 15.1 Å². The molecular weight excluding hydrogens is 298 g/mol. The Bertz CT molecular complexity index is 648. The largest absolute Gasteiger partial charge is 0.298 e. The van der Waals surface area contributed by atoms with Gasteiger partial charge in [0, 0.05) is 18.5 Å². The second-order valence-electron chi connectivity index (χ2n) is 6.66. The van der Waals surface area contributed by atoms with E-state index in [2.05, 4.69) is 4.90 Å². The molecule has 2 fully saturated rings. The second-order valence-corrected chi connectivity index (χ2v) is 8.79. The number of hydrogen-bond donors (Lipinski definition) is 0. The van der Waals surface area contributed by atoms with E-state index in [1.807, 2.05) is 7.05 Å².